The summed E-state index contributed by atoms with van der Waals surface area (Å²) in [5.41, 5.74) is 7.04. The highest BCUT2D eigenvalue weighted by molar-refractivity contribution is 7.18. The molecule has 4 heteroatoms. The van der Waals surface area contributed by atoms with Gasteiger partial charge in [-0.3, -0.25) is 0 Å². The topological polar surface area (TPSA) is 59.1 Å². The summed E-state index contributed by atoms with van der Waals surface area (Å²) in [6, 6.07) is 5.33. The number of benzene rings is 1. The van der Waals surface area contributed by atoms with E-state index in [9.17, 15) is 5.11 Å². The molecule has 1 fully saturated rings. The fraction of sp³-hybridized carbons (Fsp3) is 0.417. The summed E-state index contributed by atoms with van der Waals surface area (Å²) in [6.07, 6.45) is 4.28. The summed E-state index contributed by atoms with van der Waals surface area (Å²) in [6.45, 7) is 0. The summed E-state index contributed by atoms with van der Waals surface area (Å²) in [7, 11) is 0. The first-order chi connectivity index (χ1) is 7.65. The van der Waals surface area contributed by atoms with Crippen molar-refractivity contribution < 1.29 is 5.11 Å². The van der Waals surface area contributed by atoms with Crippen LogP contribution in [0.4, 0.5) is 0 Å². The van der Waals surface area contributed by atoms with Crippen molar-refractivity contribution >= 4 is 21.6 Å². The van der Waals surface area contributed by atoms with Crippen LogP contribution in [0.5, 0.6) is 5.75 Å². The number of hydrogen-bond donors (Lipinski definition) is 2. The minimum atomic E-state index is 0.0972. The number of phenolic OH excluding ortho intramolecular Hbond substituents is 1. The normalized spacial score (nSPS) is 17.8. The Hall–Kier alpha value is -1.13. The zero-order valence-electron chi connectivity index (χ0n) is 8.94. The molecular formula is C12H14N2OS. The third-order valence-electron chi connectivity index (χ3n) is 3.14. The predicted molar refractivity (Wildman–Crippen MR) is 65.8 cm³/mol. The molecule has 0 aliphatic heterocycles. The van der Waals surface area contributed by atoms with E-state index in [4.69, 9.17) is 5.73 Å². The lowest BCUT2D eigenvalue weighted by Gasteiger charge is -2.04. The van der Waals surface area contributed by atoms with Crippen LogP contribution in [0.25, 0.3) is 10.2 Å². The standard InChI is InChI=1S/C12H14N2OS/c13-12(5-6-12)4-3-11-14-9-7-8(15)1-2-10(9)16-11/h1-2,7,15H,3-6,13H2. The van der Waals surface area contributed by atoms with Crippen LogP contribution in [0.15, 0.2) is 18.2 Å². The van der Waals surface area contributed by atoms with Crippen molar-refractivity contribution in [2.45, 2.75) is 31.2 Å². The molecule has 0 atom stereocenters. The fourth-order valence-corrected chi connectivity index (χ4v) is 2.78. The summed E-state index contributed by atoms with van der Waals surface area (Å²) in [5.74, 6) is 0.279. The van der Waals surface area contributed by atoms with Crippen molar-refractivity contribution in [1.82, 2.24) is 4.98 Å². The van der Waals surface area contributed by atoms with E-state index in [0.717, 1.165) is 40.9 Å². The van der Waals surface area contributed by atoms with E-state index in [1.54, 1.807) is 23.5 Å². The van der Waals surface area contributed by atoms with Crippen molar-refractivity contribution in [2.24, 2.45) is 5.73 Å². The van der Waals surface area contributed by atoms with Crippen LogP contribution in [-0.4, -0.2) is 15.6 Å². The molecule has 3 nitrogen and oxygen atoms in total. The number of rotatable bonds is 3. The largest absolute Gasteiger partial charge is 0.508 e. The number of fused-ring (bicyclic) bond motifs is 1. The Kier molecular flexibility index (Phi) is 2.16. The first-order valence-corrected chi connectivity index (χ1v) is 6.34. The van der Waals surface area contributed by atoms with Gasteiger partial charge in [0, 0.05) is 18.0 Å². The number of hydrogen-bond acceptors (Lipinski definition) is 4. The van der Waals surface area contributed by atoms with Crippen molar-refractivity contribution in [3.8, 4) is 5.75 Å². The molecule has 3 rings (SSSR count). The molecule has 3 N–H and O–H groups in total. The molecule has 0 spiro atoms. The average molecular weight is 234 g/mol. The predicted octanol–water partition coefficient (Wildman–Crippen LogP) is 2.43. The number of aryl methyl sites for hydroxylation is 1. The molecule has 1 saturated carbocycles. The fourth-order valence-electron chi connectivity index (χ4n) is 1.84. The van der Waals surface area contributed by atoms with Crippen LogP contribution in [0.2, 0.25) is 0 Å². The van der Waals surface area contributed by atoms with Crippen LogP contribution in [0.3, 0.4) is 0 Å². The first kappa shape index (κ1) is 10.1. The zero-order chi connectivity index (χ0) is 11.2. The van der Waals surface area contributed by atoms with Crippen molar-refractivity contribution in [2.75, 3.05) is 0 Å². The molecule has 84 valence electrons. The monoisotopic (exact) mass is 234 g/mol. The number of nitrogens with zero attached hydrogens (tertiary/aromatic N) is 1. The van der Waals surface area contributed by atoms with Crippen LogP contribution in [-0.2, 0) is 6.42 Å². The second kappa shape index (κ2) is 3.43. The molecular weight excluding hydrogens is 220 g/mol. The van der Waals surface area contributed by atoms with Gasteiger partial charge in [0.1, 0.15) is 5.75 Å². The van der Waals surface area contributed by atoms with Gasteiger partial charge in [-0.25, -0.2) is 4.98 Å². The molecule has 1 aliphatic carbocycles. The van der Waals surface area contributed by atoms with Crippen LogP contribution in [0, 0.1) is 0 Å². The SMILES string of the molecule is NC1(CCc2nc3cc(O)ccc3s2)CC1. The Morgan fingerprint density at radius 1 is 1.44 bits per heavy atom. The summed E-state index contributed by atoms with van der Waals surface area (Å²) in [5, 5.41) is 10.5. The Labute approximate surface area is 97.9 Å². The van der Waals surface area contributed by atoms with Crippen LogP contribution >= 0.6 is 11.3 Å². The molecule has 1 aliphatic rings. The highest BCUT2D eigenvalue weighted by Crippen LogP contribution is 2.37. The molecule has 1 aromatic heterocycles. The molecule has 0 saturated heterocycles. The number of aromatic hydroxyl groups is 1. The molecule has 2 aromatic rings. The highest BCUT2D eigenvalue weighted by Gasteiger charge is 2.37. The quantitative estimate of drug-likeness (QED) is 0.857. The summed E-state index contributed by atoms with van der Waals surface area (Å²) in [4.78, 5) is 4.51. The lowest BCUT2D eigenvalue weighted by Crippen LogP contribution is -2.21. The smallest absolute Gasteiger partial charge is 0.117 e. The maximum atomic E-state index is 9.35. The molecule has 0 bridgehead atoms. The molecule has 1 heterocycles. The van der Waals surface area contributed by atoms with E-state index in [-0.39, 0.29) is 11.3 Å². The lowest BCUT2D eigenvalue weighted by molar-refractivity contribution is 0.476. The Morgan fingerprint density at radius 2 is 2.25 bits per heavy atom. The lowest BCUT2D eigenvalue weighted by atomic mass is 10.1. The van der Waals surface area contributed by atoms with Crippen molar-refractivity contribution in [3.05, 3.63) is 23.2 Å². The van der Waals surface area contributed by atoms with Gasteiger partial charge in [0.05, 0.1) is 15.2 Å². The van der Waals surface area contributed by atoms with E-state index >= 15 is 0 Å². The maximum absolute atomic E-state index is 9.35. The van der Waals surface area contributed by atoms with E-state index < -0.39 is 0 Å². The van der Waals surface area contributed by atoms with Gasteiger partial charge in [0.25, 0.3) is 0 Å². The van der Waals surface area contributed by atoms with Gasteiger partial charge in [-0.05, 0) is 31.4 Å². The van der Waals surface area contributed by atoms with Crippen molar-refractivity contribution in [1.29, 1.82) is 0 Å². The second-order valence-electron chi connectivity index (χ2n) is 4.62. The van der Waals surface area contributed by atoms with Gasteiger partial charge in [-0.15, -0.1) is 11.3 Å². The maximum Gasteiger partial charge on any atom is 0.117 e. The third-order valence-corrected chi connectivity index (χ3v) is 4.24. The Bertz CT molecular complexity index is 531. The molecule has 16 heavy (non-hydrogen) atoms. The average Bonchev–Trinajstić information content (AvgIpc) is 2.85. The minimum absolute atomic E-state index is 0.0972. The van der Waals surface area contributed by atoms with Gasteiger partial charge in [0.15, 0.2) is 0 Å². The van der Waals surface area contributed by atoms with Gasteiger partial charge >= 0.3 is 0 Å². The zero-order valence-corrected chi connectivity index (χ0v) is 9.76. The van der Waals surface area contributed by atoms with E-state index in [2.05, 4.69) is 4.98 Å². The van der Waals surface area contributed by atoms with Gasteiger partial charge in [0.2, 0.25) is 0 Å². The number of phenols is 1. The highest BCUT2D eigenvalue weighted by atomic mass is 32.1. The Morgan fingerprint density at radius 3 is 3.00 bits per heavy atom. The molecule has 0 amide bonds. The number of thiazole rings is 1. The summed E-state index contributed by atoms with van der Waals surface area (Å²) >= 11 is 1.70. The second-order valence-corrected chi connectivity index (χ2v) is 5.74. The number of aromatic nitrogens is 1. The van der Waals surface area contributed by atoms with Crippen molar-refractivity contribution in [3.63, 3.8) is 0 Å². The molecule has 0 unspecified atom stereocenters. The Balaban J connectivity index is 1.82. The molecule has 1 aromatic carbocycles. The van der Waals surface area contributed by atoms with Gasteiger partial charge < -0.3 is 10.8 Å². The minimum Gasteiger partial charge on any atom is -0.508 e. The van der Waals surface area contributed by atoms with Crippen LogP contribution < -0.4 is 5.73 Å². The number of nitrogens with two attached hydrogens (primary N) is 1. The van der Waals surface area contributed by atoms with E-state index in [1.807, 2.05) is 6.07 Å². The van der Waals surface area contributed by atoms with E-state index in [0.29, 0.717) is 0 Å². The molecule has 0 radical (unpaired) electrons. The van der Waals surface area contributed by atoms with Gasteiger partial charge in [-0.2, -0.15) is 0 Å². The summed E-state index contributed by atoms with van der Waals surface area (Å²) < 4.78 is 1.13. The third kappa shape index (κ3) is 1.90. The van der Waals surface area contributed by atoms with Crippen LogP contribution in [0.1, 0.15) is 24.3 Å². The first-order valence-electron chi connectivity index (χ1n) is 5.52. The van der Waals surface area contributed by atoms with Gasteiger partial charge in [-0.1, -0.05) is 0 Å². The van der Waals surface area contributed by atoms with E-state index in [1.165, 1.54) is 0 Å².